The van der Waals surface area contributed by atoms with E-state index in [0.29, 0.717) is 32.0 Å². The molecule has 2 aliphatic rings. The fraction of sp³-hybridized carbons (Fsp3) is 0.812. The Labute approximate surface area is 141 Å². The molecule has 1 saturated heterocycles. The number of hydrogen-bond acceptors (Lipinski definition) is 5. The third-order valence-corrected chi connectivity index (χ3v) is 5.05. The summed E-state index contributed by atoms with van der Waals surface area (Å²) in [6.07, 6.45) is 1.46. The van der Waals surface area contributed by atoms with Gasteiger partial charge in [-0.3, -0.25) is 9.59 Å². The van der Waals surface area contributed by atoms with Crippen molar-refractivity contribution in [2.24, 2.45) is 17.8 Å². The molecule has 4 atom stereocenters. The van der Waals surface area contributed by atoms with Crippen LogP contribution in [-0.2, 0) is 23.9 Å². The van der Waals surface area contributed by atoms with Crippen molar-refractivity contribution in [3.63, 3.8) is 0 Å². The molecule has 0 spiro atoms. The molecule has 0 aromatic carbocycles. The molecule has 2 amide bonds. The summed E-state index contributed by atoms with van der Waals surface area (Å²) in [5.74, 6) is -0.351. The molecule has 1 aliphatic carbocycles. The molecule has 24 heavy (non-hydrogen) atoms. The number of nitrogens with one attached hydrogen (secondary N) is 1. The first-order valence-electron chi connectivity index (χ1n) is 8.28. The van der Waals surface area contributed by atoms with E-state index >= 15 is 0 Å². The van der Waals surface area contributed by atoms with Crippen LogP contribution in [0, 0.1) is 17.8 Å². The number of ether oxygens (including phenoxy) is 2. The number of fused-ring (bicyclic) bond motifs is 1. The number of carbonyl (C=O) groups is 3. The largest absolute Gasteiger partial charge is 0.480 e. The monoisotopic (exact) mass is 342 g/mol. The van der Waals surface area contributed by atoms with E-state index in [1.807, 2.05) is 4.90 Å². The molecular formula is C16H26N2O6. The second-order valence-corrected chi connectivity index (χ2v) is 6.58. The molecule has 136 valence electrons. The molecule has 0 bridgehead atoms. The zero-order valence-corrected chi connectivity index (χ0v) is 14.2. The summed E-state index contributed by atoms with van der Waals surface area (Å²) in [5, 5.41) is 11.3. The maximum atomic E-state index is 12.2. The van der Waals surface area contributed by atoms with Gasteiger partial charge in [0.2, 0.25) is 11.8 Å². The smallest absolute Gasteiger partial charge is 0.329 e. The highest BCUT2D eigenvalue weighted by molar-refractivity contribution is 5.80. The minimum atomic E-state index is -1.10. The third kappa shape index (κ3) is 4.45. The van der Waals surface area contributed by atoms with Crippen molar-refractivity contribution < 1.29 is 29.0 Å². The van der Waals surface area contributed by atoms with Crippen LogP contribution in [0.5, 0.6) is 0 Å². The SMILES string of the molecule is COCCN1C(=O)C[C@H]2[C@H](CNC(=O)COCC(=O)O)[C@@H](C)C[C@H]21. The highest BCUT2D eigenvalue weighted by Gasteiger charge is 2.50. The zero-order chi connectivity index (χ0) is 17.7. The minimum absolute atomic E-state index is 0.162. The van der Waals surface area contributed by atoms with E-state index in [1.165, 1.54) is 0 Å². The topological polar surface area (TPSA) is 105 Å². The van der Waals surface area contributed by atoms with Gasteiger partial charge in [-0.1, -0.05) is 6.92 Å². The Hall–Kier alpha value is -1.67. The molecule has 1 heterocycles. The lowest BCUT2D eigenvalue weighted by atomic mass is 9.88. The van der Waals surface area contributed by atoms with Crippen molar-refractivity contribution in [1.82, 2.24) is 10.2 Å². The van der Waals surface area contributed by atoms with Crippen molar-refractivity contribution >= 4 is 17.8 Å². The van der Waals surface area contributed by atoms with E-state index < -0.39 is 12.6 Å². The quantitative estimate of drug-likeness (QED) is 0.597. The number of methoxy groups -OCH3 is 1. The van der Waals surface area contributed by atoms with Crippen LogP contribution in [-0.4, -0.2) is 73.9 Å². The Balaban J connectivity index is 1.82. The summed E-state index contributed by atoms with van der Waals surface area (Å²) < 4.78 is 9.86. The third-order valence-electron chi connectivity index (χ3n) is 5.05. The molecule has 0 aromatic rings. The summed E-state index contributed by atoms with van der Waals surface area (Å²) in [7, 11) is 1.63. The van der Waals surface area contributed by atoms with Crippen LogP contribution in [0.1, 0.15) is 19.8 Å². The van der Waals surface area contributed by atoms with Crippen molar-refractivity contribution in [3.8, 4) is 0 Å². The number of carboxylic acids is 1. The van der Waals surface area contributed by atoms with E-state index in [2.05, 4.69) is 12.2 Å². The number of nitrogens with zero attached hydrogens (tertiary/aromatic N) is 1. The predicted molar refractivity (Wildman–Crippen MR) is 84.2 cm³/mol. The number of amides is 2. The molecular weight excluding hydrogens is 316 g/mol. The average Bonchev–Trinajstić information content (AvgIpc) is 2.96. The number of likely N-dealkylation sites (tertiary alicyclic amines) is 1. The van der Waals surface area contributed by atoms with Crippen LogP contribution in [0.4, 0.5) is 0 Å². The van der Waals surface area contributed by atoms with Crippen molar-refractivity contribution in [2.75, 3.05) is 40.0 Å². The van der Waals surface area contributed by atoms with Gasteiger partial charge in [0.05, 0.1) is 6.61 Å². The van der Waals surface area contributed by atoms with Gasteiger partial charge in [0.25, 0.3) is 0 Å². The van der Waals surface area contributed by atoms with Gasteiger partial charge >= 0.3 is 5.97 Å². The molecule has 8 heteroatoms. The zero-order valence-electron chi connectivity index (χ0n) is 14.2. The molecule has 1 aliphatic heterocycles. The number of carbonyl (C=O) groups excluding carboxylic acids is 2. The van der Waals surface area contributed by atoms with Crippen LogP contribution in [0.25, 0.3) is 0 Å². The van der Waals surface area contributed by atoms with E-state index in [0.717, 1.165) is 6.42 Å². The van der Waals surface area contributed by atoms with Gasteiger partial charge in [-0.2, -0.15) is 0 Å². The van der Waals surface area contributed by atoms with Crippen molar-refractivity contribution in [3.05, 3.63) is 0 Å². The lowest BCUT2D eigenvalue weighted by Crippen LogP contribution is -2.37. The maximum absolute atomic E-state index is 12.2. The van der Waals surface area contributed by atoms with Gasteiger partial charge in [0.15, 0.2) is 0 Å². The molecule has 2 N–H and O–H groups in total. The maximum Gasteiger partial charge on any atom is 0.329 e. The highest BCUT2D eigenvalue weighted by Crippen LogP contribution is 2.45. The summed E-state index contributed by atoms with van der Waals surface area (Å²) in [4.78, 5) is 36.2. The van der Waals surface area contributed by atoms with Crippen LogP contribution < -0.4 is 5.32 Å². The predicted octanol–water partition coefficient (Wildman–Crippen LogP) is -0.277. The molecule has 0 radical (unpaired) electrons. The summed E-state index contributed by atoms with van der Waals surface area (Å²) in [5.41, 5.74) is 0. The first-order chi connectivity index (χ1) is 11.4. The first-order valence-corrected chi connectivity index (χ1v) is 8.28. The average molecular weight is 342 g/mol. The Morgan fingerprint density at radius 2 is 2.12 bits per heavy atom. The molecule has 0 unspecified atom stereocenters. The fourth-order valence-corrected chi connectivity index (χ4v) is 3.93. The molecule has 2 fully saturated rings. The Morgan fingerprint density at radius 3 is 2.79 bits per heavy atom. The van der Waals surface area contributed by atoms with E-state index in [9.17, 15) is 14.4 Å². The standard InChI is InChI=1S/C16H26N2O6/c1-10-5-13-11(6-15(20)18(13)3-4-23-2)12(10)7-17-14(19)8-24-9-16(21)22/h10-13H,3-9H2,1-2H3,(H,17,19)(H,21,22)/t10-,11-,12+,13+/m0/s1. The lowest BCUT2D eigenvalue weighted by molar-refractivity contribution is -0.143. The number of hydrogen-bond donors (Lipinski definition) is 2. The number of carboxylic acid groups (broad SMARTS) is 1. The lowest BCUT2D eigenvalue weighted by Gasteiger charge is -2.24. The molecule has 8 nitrogen and oxygen atoms in total. The second-order valence-electron chi connectivity index (χ2n) is 6.58. The Morgan fingerprint density at radius 1 is 1.38 bits per heavy atom. The fourth-order valence-electron chi connectivity index (χ4n) is 3.93. The Bertz CT molecular complexity index is 483. The van der Waals surface area contributed by atoms with Crippen LogP contribution >= 0.6 is 0 Å². The van der Waals surface area contributed by atoms with Crippen molar-refractivity contribution in [1.29, 1.82) is 0 Å². The molecule has 0 aromatic heterocycles. The van der Waals surface area contributed by atoms with E-state index in [-0.39, 0.29) is 36.3 Å². The van der Waals surface area contributed by atoms with Crippen LogP contribution in [0.2, 0.25) is 0 Å². The highest BCUT2D eigenvalue weighted by atomic mass is 16.5. The first kappa shape index (κ1) is 18.7. The minimum Gasteiger partial charge on any atom is -0.480 e. The van der Waals surface area contributed by atoms with Gasteiger partial charge in [0.1, 0.15) is 13.2 Å². The number of rotatable bonds is 9. The van der Waals surface area contributed by atoms with Crippen molar-refractivity contribution in [2.45, 2.75) is 25.8 Å². The normalized spacial score (nSPS) is 28.9. The van der Waals surface area contributed by atoms with Gasteiger partial charge in [0, 0.05) is 32.7 Å². The summed E-state index contributed by atoms with van der Waals surface area (Å²) in [6.45, 7) is 3.04. The summed E-state index contributed by atoms with van der Waals surface area (Å²) >= 11 is 0. The van der Waals surface area contributed by atoms with Gasteiger partial charge < -0.3 is 24.8 Å². The Kier molecular flexibility index (Phi) is 6.56. The second kappa shape index (κ2) is 8.43. The molecule has 1 saturated carbocycles. The molecule has 2 rings (SSSR count). The van der Waals surface area contributed by atoms with E-state index in [1.54, 1.807) is 7.11 Å². The number of aliphatic carboxylic acids is 1. The van der Waals surface area contributed by atoms with Gasteiger partial charge in [-0.15, -0.1) is 0 Å². The van der Waals surface area contributed by atoms with Gasteiger partial charge in [-0.05, 0) is 24.2 Å². The van der Waals surface area contributed by atoms with Crippen LogP contribution in [0.15, 0.2) is 0 Å². The van der Waals surface area contributed by atoms with Crippen LogP contribution in [0.3, 0.4) is 0 Å². The van der Waals surface area contributed by atoms with Gasteiger partial charge in [-0.25, -0.2) is 4.79 Å². The summed E-state index contributed by atoms with van der Waals surface area (Å²) in [6, 6.07) is 0.229. The van der Waals surface area contributed by atoms with E-state index in [4.69, 9.17) is 14.6 Å².